The smallest absolute Gasteiger partial charge is 0.404 e. The highest BCUT2D eigenvalue weighted by molar-refractivity contribution is 5.91. The summed E-state index contributed by atoms with van der Waals surface area (Å²) < 4.78 is 0. The first-order valence-electron chi connectivity index (χ1n) is 6.83. The van der Waals surface area contributed by atoms with Crippen LogP contribution in [0.25, 0.3) is 11.0 Å². The van der Waals surface area contributed by atoms with Crippen LogP contribution in [0.4, 0.5) is 10.7 Å². The van der Waals surface area contributed by atoms with Crippen LogP contribution >= 0.6 is 0 Å². The van der Waals surface area contributed by atoms with Crippen molar-refractivity contribution in [2.45, 2.75) is 26.2 Å². The van der Waals surface area contributed by atoms with Gasteiger partial charge in [0.15, 0.2) is 0 Å². The van der Waals surface area contributed by atoms with Crippen LogP contribution in [-0.4, -0.2) is 33.6 Å². The Labute approximate surface area is 121 Å². The molecule has 0 atom stereocenters. The Morgan fingerprint density at radius 2 is 2.19 bits per heavy atom. The largest absolute Gasteiger partial charge is 0.465 e. The van der Waals surface area contributed by atoms with Crippen LogP contribution in [-0.2, 0) is 11.2 Å². The number of hydrogen-bond donors (Lipinski definition) is 4. The number of amides is 2. The van der Waals surface area contributed by atoms with Crippen LogP contribution in [0.15, 0.2) is 18.2 Å². The van der Waals surface area contributed by atoms with Crippen molar-refractivity contribution in [2.75, 3.05) is 11.9 Å². The summed E-state index contributed by atoms with van der Waals surface area (Å²) in [7, 11) is 0. The molecule has 1 heterocycles. The fraction of sp³-hybridized carbons (Fsp3) is 0.357. The second-order valence-electron chi connectivity index (χ2n) is 4.72. The van der Waals surface area contributed by atoms with Gasteiger partial charge in [-0.2, -0.15) is 0 Å². The Kier molecular flexibility index (Phi) is 4.76. The lowest BCUT2D eigenvalue weighted by molar-refractivity contribution is -0.116. The van der Waals surface area contributed by atoms with E-state index in [4.69, 9.17) is 5.11 Å². The predicted molar refractivity (Wildman–Crippen MR) is 79.4 cm³/mol. The molecule has 112 valence electrons. The number of fused-ring (bicyclic) bond motifs is 1. The fourth-order valence-corrected chi connectivity index (χ4v) is 2.03. The predicted octanol–water partition coefficient (Wildman–Crippen LogP) is 2.11. The van der Waals surface area contributed by atoms with Gasteiger partial charge in [-0.1, -0.05) is 19.4 Å². The van der Waals surface area contributed by atoms with Crippen LogP contribution in [0, 0.1) is 0 Å². The number of H-pyrrole nitrogens is 1. The maximum absolute atomic E-state index is 11.6. The molecular weight excluding hydrogens is 272 g/mol. The van der Waals surface area contributed by atoms with E-state index in [-0.39, 0.29) is 18.9 Å². The first-order valence-corrected chi connectivity index (χ1v) is 6.83. The molecule has 0 fully saturated rings. The van der Waals surface area contributed by atoms with Gasteiger partial charge in [-0.05, 0) is 24.1 Å². The van der Waals surface area contributed by atoms with Gasteiger partial charge in [0.1, 0.15) is 0 Å². The highest BCUT2D eigenvalue weighted by Gasteiger charge is 2.08. The highest BCUT2D eigenvalue weighted by Crippen LogP contribution is 2.17. The Balaban J connectivity index is 1.98. The Morgan fingerprint density at radius 3 is 2.90 bits per heavy atom. The van der Waals surface area contributed by atoms with E-state index in [0.29, 0.717) is 5.95 Å². The average molecular weight is 290 g/mol. The van der Waals surface area contributed by atoms with Crippen LogP contribution < -0.4 is 10.6 Å². The van der Waals surface area contributed by atoms with Crippen molar-refractivity contribution in [1.82, 2.24) is 15.3 Å². The van der Waals surface area contributed by atoms with Crippen molar-refractivity contribution in [2.24, 2.45) is 0 Å². The number of carbonyl (C=O) groups excluding carboxylic acids is 1. The summed E-state index contributed by atoms with van der Waals surface area (Å²) in [5.74, 6) is 0.0792. The van der Waals surface area contributed by atoms with E-state index in [1.165, 1.54) is 5.56 Å². The number of hydrogen-bond acceptors (Lipinski definition) is 3. The van der Waals surface area contributed by atoms with Gasteiger partial charge in [-0.25, -0.2) is 9.78 Å². The van der Waals surface area contributed by atoms with Gasteiger partial charge in [-0.15, -0.1) is 0 Å². The van der Waals surface area contributed by atoms with Crippen molar-refractivity contribution in [3.63, 3.8) is 0 Å². The Hall–Kier alpha value is -2.57. The summed E-state index contributed by atoms with van der Waals surface area (Å²) in [4.78, 5) is 29.2. The zero-order valence-electron chi connectivity index (χ0n) is 11.8. The lowest BCUT2D eigenvalue weighted by Crippen LogP contribution is -2.26. The SMILES string of the molecule is CCCc1ccc2[nH]c(NC(=O)CCNC(=O)O)nc2c1. The van der Waals surface area contributed by atoms with Crippen LogP contribution in [0.2, 0.25) is 0 Å². The second kappa shape index (κ2) is 6.74. The molecule has 1 aromatic heterocycles. The minimum atomic E-state index is -1.14. The lowest BCUT2D eigenvalue weighted by Gasteiger charge is -2.01. The van der Waals surface area contributed by atoms with Gasteiger partial charge in [0, 0.05) is 13.0 Å². The summed E-state index contributed by atoms with van der Waals surface area (Å²) in [6.45, 7) is 2.19. The molecule has 0 aliphatic carbocycles. The summed E-state index contributed by atoms with van der Waals surface area (Å²) in [5, 5.41) is 13.2. The molecule has 2 amide bonds. The summed E-state index contributed by atoms with van der Waals surface area (Å²) in [5.41, 5.74) is 2.87. The number of carbonyl (C=O) groups is 2. The lowest BCUT2D eigenvalue weighted by atomic mass is 10.1. The zero-order chi connectivity index (χ0) is 15.2. The first kappa shape index (κ1) is 14.8. The van der Waals surface area contributed by atoms with E-state index >= 15 is 0 Å². The molecule has 0 spiro atoms. The molecule has 0 bridgehead atoms. The second-order valence-corrected chi connectivity index (χ2v) is 4.72. The Bertz CT molecular complexity index is 651. The van der Waals surface area contributed by atoms with E-state index in [1.54, 1.807) is 0 Å². The number of aryl methyl sites for hydroxylation is 1. The molecular formula is C14H18N4O3. The number of nitrogens with zero attached hydrogens (tertiary/aromatic N) is 1. The third-order valence-electron chi connectivity index (χ3n) is 2.97. The van der Waals surface area contributed by atoms with Crippen molar-refractivity contribution in [3.8, 4) is 0 Å². The number of aromatic amines is 1. The minimum Gasteiger partial charge on any atom is -0.465 e. The number of nitrogens with one attached hydrogen (secondary N) is 3. The third-order valence-corrected chi connectivity index (χ3v) is 2.97. The van der Waals surface area contributed by atoms with Gasteiger partial charge in [0.05, 0.1) is 11.0 Å². The molecule has 7 nitrogen and oxygen atoms in total. The minimum absolute atomic E-state index is 0.0600. The monoisotopic (exact) mass is 290 g/mol. The summed E-state index contributed by atoms with van der Waals surface area (Å²) >= 11 is 0. The van der Waals surface area contributed by atoms with Crippen LogP contribution in [0.3, 0.4) is 0 Å². The number of benzene rings is 1. The van der Waals surface area contributed by atoms with Crippen molar-refractivity contribution in [1.29, 1.82) is 0 Å². The van der Waals surface area contributed by atoms with Crippen molar-refractivity contribution < 1.29 is 14.7 Å². The van der Waals surface area contributed by atoms with Gasteiger partial charge in [-0.3, -0.25) is 10.1 Å². The number of rotatable bonds is 6. The molecule has 2 aromatic rings. The molecule has 2 rings (SSSR count). The summed E-state index contributed by atoms with van der Waals surface area (Å²) in [6, 6.07) is 5.97. The van der Waals surface area contributed by atoms with Gasteiger partial charge in [0.25, 0.3) is 0 Å². The van der Waals surface area contributed by atoms with Crippen molar-refractivity contribution >= 4 is 29.0 Å². The molecule has 1 aromatic carbocycles. The quantitative estimate of drug-likeness (QED) is 0.653. The maximum Gasteiger partial charge on any atom is 0.404 e. The molecule has 4 N–H and O–H groups in total. The highest BCUT2D eigenvalue weighted by atomic mass is 16.4. The maximum atomic E-state index is 11.6. The van der Waals surface area contributed by atoms with Crippen molar-refractivity contribution in [3.05, 3.63) is 23.8 Å². The molecule has 0 radical (unpaired) electrons. The molecule has 0 unspecified atom stereocenters. The van der Waals surface area contributed by atoms with E-state index in [0.717, 1.165) is 23.9 Å². The molecule has 21 heavy (non-hydrogen) atoms. The number of carboxylic acid groups (broad SMARTS) is 1. The van der Waals surface area contributed by atoms with Gasteiger partial charge >= 0.3 is 6.09 Å². The first-order chi connectivity index (χ1) is 10.1. The zero-order valence-corrected chi connectivity index (χ0v) is 11.8. The third kappa shape index (κ3) is 4.20. The molecule has 0 saturated carbocycles. The number of aromatic nitrogens is 2. The van der Waals surface area contributed by atoms with E-state index in [9.17, 15) is 9.59 Å². The fourth-order valence-electron chi connectivity index (χ4n) is 2.03. The van der Waals surface area contributed by atoms with E-state index in [2.05, 4.69) is 27.5 Å². The van der Waals surface area contributed by atoms with Crippen LogP contribution in [0.1, 0.15) is 25.3 Å². The van der Waals surface area contributed by atoms with E-state index in [1.807, 2.05) is 18.2 Å². The normalized spacial score (nSPS) is 10.5. The molecule has 0 saturated heterocycles. The van der Waals surface area contributed by atoms with Crippen LogP contribution in [0.5, 0.6) is 0 Å². The molecule has 0 aliphatic rings. The average Bonchev–Trinajstić information content (AvgIpc) is 2.80. The summed E-state index contributed by atoms with van der Waals surface area (Å²) in [6.07, 6.45) is 0.973. The Morgan fingerprint density at radius 1 is 1.38 bits per heavy atom. The van der Waals surface area contributed by atoms with Gasteiger partial charge in [0.2, 0.25) is 11.9 Å². The molecule has 0 aliphatic heterocycles. The standard InChI is InChI=1S/C14H18N4O3/c1-2-3-9-4-5-10-11(8-9)17-13(16-10)18-12(19)6-7-15-14(20)21/h4-5,8,15H,2-3,6-7H2,1H3,(H,20,21)(H2,16,17,18,19). The topological polar surface area (TPSA) is 107 Å². The molecule has 7 heteroatoms. The number of anilines is 1. The van der Waals surface area contributed by atoms with Gasteiger partial charge < -0.3 is 15.4 Å². The number of imidazole rings is 1. The van der Waals surface area contributed by atoms with E-state index < -0.39 is 6.09 Å².